The summed E-state index contributed by atoms with van der Waals surface area (Å²) in [6, 6.07) is 6.02. The van der Waals surface area contributed by atoms with Crippen molar-refractivity contribution in [3.63, 3.8) is 0 Å². The molecule has 2 aromatic heterocycles. The Morgan fingerprint density at radius 1 is 1.27 bits per heavy atom. The van der Waals surface area contributed by atoms with E-state index in [1.54, 1.807) is 12.4 Å². The van der Waals surface area contributed by atoms with Crippen molar-refractivity contribution in [1.82, 2.24) is 20.2 Å². The van der Waals surface area contributed by atoms with Crippen LogP contribution < -0.4 is 0 Å². The Labute approximate surface area is 84.6 Å². The number of pyridine rings is 2. The fourth-order valence-corrected chi connectivity index (χ4v) is 2.10. The molecule has 2 bridgehead atoms. The second kappa shape index (κ2) is 2.23. The molecule has 0 aromatic carbocycles. The summed E-state index contributed by atoms with van der Waals surface area (Å²) in [6.45, 7) is 0. The average Bonchev–Trinajstić information content (AvgIpc) is 2.85. The van der Waals surface area contributed by atoms with E-state index in [0.29, 0.717) is 0 Å². The fourth-order valence-electron chi connectivity index (χ4n) is 2.10. The molecule has 0 saturated heterocycles. The maximum atomic E-state index is 4.38. The van der Waals surface area contributed by atoms with Crippen molar-refractivity contribution in [3.05, 3.63) is 30.6 Å². The Balaban J connectivity index is 2.42. The maximum Gasteiger partial charge on any atom is 0.0987 e. The van der Waals surface area contributed by atoms with Crippen LogP contribution in [-0.4, -0.2) is 20.2 Å². The van der Waals surface area contributed by atoms with Crippen LogP contribution in [0.1, 0.15) is 0 Å². The topological polar surface area (TPSA) is 54.5 Å². The molecule has 15 heavy (non-hydrogen) atoms. The lowest BCUT2D eigenvalue weighted by Crippen LogP contribution is -1.79. The summed E-state index contributed by atoms with van der Waals surface area (Å²) in [5, 5.41) is 9.12. The van der Waals surface area contributed by atoms with Gasteiger partial charge in [0.2, 0.25) is 0 Å². The van der Waals surface area contributed by atoms with Gasteiger partial charge in [-0.3, -0.25) is 4.98 Å². The van der Waals surface area contributed by atoms with Crippen LogP contribution in [0.25, 0.3) is 33.2 Å². The SMILES string of the molecule is c1cnc2c3[nH]c(cc4nncc3-4)c2c1. The first-order chi connectivity index (χ1) is 7.43. The van der Waals surface area contributed by atoms with Crippen LogP contribution in [0, 0.1) is 0 Å². The Morgan fingerprint density at radius 3 is 3.27 bits per heavy atom. The lowest BCUT2D eigenvalue weighted by atomic mass is 10.2. The Hall–Kier alpha value is -2.23. The molecular formula is C11H6N4. The number of nitrogens with one attached hydrogen (secondary N) is 1. The zero-order valence-electron chi connectivity index (χ0n) is 7.73. The Kier molecular flexibility index (Phi) is 1.06. The van der Waals surface area contributed by atoms with Crippen molar-refractivity contribution >= 4 is 21.9 Å². The van der Waals surface area contributed by atoms with Crippen molar-refractivity contribution < 1.29 is 0 Å². The highest BCUT2D eigenvalue weighted by molar-refractivity contribution is 6.11. The summed E-state index contributed by atoms with van der Waals surface area (Å²) in [4.78, 5) is 7.72. The minimum absolute atomic E-state index is 0.928. The number of aromatic nitrogens is 4. The minimum Gasteiger partial charge on any atom is -0.353 e. The van der Waals surface area contributed by atoms with Crippen LogP contribution >= 0.6 is 0 Å². The van der Waals surface area contributed by atoms with Gasteiger partial charge >= 0.3 is 0 Å². The van der Waals surface area contributed by atoms with Crippen LogP contribution in [-0.2, 0) is 0 Å². The van der Waals surface area contributed by atoms with Crippen LogP contribution in [0.5, 0.6) is 0 Å². The fraction of sp³-hybridized carbons (Fsp3) is 0. The zero-order chi connectivity index (χ0) is 9.83. The third kappa shape index (κ3) is 0.747. The maximum absolute atomic E-state index is 4.38. The largest absolute Gasteiger partial charge is 0.353 e. The van der Waals surface area contributed by atoms with Gasteiger partial charge in [-0.15, -0.1) is 0 Å². The summed E-state index contributed by atoms with van der Waals surface area (Å²) in [5.41, 5.74) is 5.06. The average molecular weight is 194 g/mol. The van der Waals surface area contributed by atoms with Crippen molar-refractivity contribution in [2.45, 2.75) is 0 Å². The molecule has 0 unspecified atom stereocenters. The highest BCUT2D eigenvalue weighted by Crippen LogP contribution is 2.33. The number of aromatic amines is 1. The van der Waals surface area contributed by atoms with Gasteiger partial charge in [0.25, 0.3) is 0 Å². The molecule has 0 atom stereocenters. The highest BCUT2D eigenvalue weighted by atomic mass is 15.1. The molecule has 0 fully saturated rings. The van der Waals surface area contributed by atoms with E-state index in [1.165, 1.54) is 0 Å². The van der Waals surface area contributed by atoms with Crippen molar-refractivity contribution in [3.8, 4) is 11.3 Å². The van der Waals surface area contributed by atoms with Crippen LogP contribution in [0.15, 0.2) is 30.6 Å². The first kappa shape index (κ1) is 7.11. The summed E-state index contributed by atoms with van der Waals surface area (Å²) >= 11 is 0. The number of hydrogen-bond donors (Lipinski definition) is 1. The van der Waals surface area contributed by atoms with Crippen molar-refractivity contribution in [2.24, 2.45) is 0 Å². The van der Waals surface area contributed by atoms with E-state index in [0.717, 1.165) is 33.2 Å². The zero-order valence-corrected chi connectivity index (χ0v) is 7.73. The van der Waals surface area contributed by atoms with Gasteiger partial charge in [-0.05, 0) is 18.2 Å². The monoisotopic (exact) mass is 194 g/mol. The summed E-state index contributed by atoms with van der Waals surface area (Å²) in [6.07, 6.45) is 3.58. The molecule has 2 aromatic rings. The van der Waals surface area contributed by atoms with Gasteiger partial charge in [-0.1, -0.05) is 0 Å². The van der Waals surface area contributed by atoms with Crippen LogP contribution in [0.4, 0.5) is 0 Å². The van der Waals surface area contributed by atoms with Gasteiger partial charge in [-0.2, -0.15) is 10.2 Å². The van der Waals surface area contributed by atoms with Crippen LogP contribution in [0.2, 0.25) is 0 Å². The molecule has 4 heterocycles. The number of fused-ring (bicyclic) bond motifs is 7. The molecule has 4 nitrogen and oxygen atoms in total. The second-order valence-corrected chi connectivity index (χ2v) is 3.60. The number of nitrogens with zero attached hydrogens (tertiary/aromatic N) is 3. The molecule has 1 N–H and O–H groups in total. The standard InChI is InChI=1S/C11H6N4/c1-2-6-8-4-9-7(5-13-15-9)11(14-8)10(6)12-3-1/h1-5,14H. The van der Waals surface area contributed by atoms with Gasteiger partial charge in [-0.25, -0.2) is 0 Å². The number of hydrogen-bond acceptors (Lipinski definition) is 3. The van der Waals surface area contributed by atoms with Gasteiger partial charge < -0.3 is 4.98 Å². The first-order valence-corrected chi connectivity index (χ1v) is 4.73. The molecule has 2 aliphatic rings. The molecule has 0 aliphatic carbocycles. The molecule has 70 valence electrons. The predicted octanol–water partition coefficient (Wildman–Crippen LogP) is 2.05. The van der Waals surface area contributed by atoms with Crippen LogP contribution in [0.3, 0.4) is 0 Å². The molecule has 0 spiro atoms. The lowest BCUT2D eigenvalue weighted by Gasteiger charge is -1.94. The van der Waals surface area contributed by atoms with E-state index in [4.69, 9.17) is 0 Å². The Bertz CT molecular complexity index is 727. The third-order valence-electron chi connectivity index (χ3n) is 2.77. The molecule has 4 rings (SSSR count). The van der Waals surface area contributed by atoms with E-state index in [-0.39, 0.29) is 0 Å². The molecule has 0 radical (unpaired) electrons. The minimum atomic E-state index is 0.928. The van der Waals surface area contributed by atoms with Gasteiger partial charge in [0.1, 0.15) is 0 Å². The van der Waals surface area contributed by atoms with Gasteiger partial charge in [0, 0.05) is 17.1 Å². The van der Waals surface area contributed by atoms with Crippen molar-refractivity contribution in [1.29, 1.82) is 0 Å². The van der Waals surface area contributed by atoms with E-state index < -0.39 is 0 Å². The predicted molar refractivity (Wildman–Crippen MR) is 57.0 cm³/mol. The summed E-state index contributed by atoms with van der Waals surface area (Å²) < 4.78 is 0. The van der Waals surface area contributed by atoms with Crippen molar-refractivity contribution in [2.75, 3.05) is 0 Å². The number of rotatable bonds is 0. The third-order valence-corrected chi connectivity index (χ3v) is 2.77. The van der Waals surface area contributed by atoms with E-state index in [1.807, 2.05) is 12.1 Å². The van der Waals surface area contributed by atoms with E-state index >= 15 is 0 Å². The quantitative estimate of drug-likeness (QED) is 0.466. The van der Waals surface area contributed by atoms with Gasteiger partial charge in [0.05, 0.1) is 28.4 Å². The first-order valence-electron chi connectivity index (χ1n) is 4.73. The van der Waals surface area contributed by atoms with E-state index in [9.17, 15) is 0 Å². The molecule has 0 amide bonds. The number of H-pyrrole nitrogens is 1. The Morgan fingerprint density at radius 2 is 2.27 bits per heavy atom. The highest BCUT2D eigenvalue weighted by Gasteiger charge is 2.15. The van der Waals surface area contributed by atoms with Gasteiger partial charge in [0.15, 0.2) is 0 Å². The summed E-state index contributed by atoms with van der Waals surface area (Å²) in [7, 11) is 0. The lowest BCUT2D eigenvalue weighted by molar-refractivity contribution is 1.10. The van der Waals surface area contributed by atoms with E-state index in [2.05, 4.69) is 26.2 Å². The normalized spacial score (nSPS) is 12.0. The second-order valence-electron chi connectivity index (χ2n) is 3.60. The molecule has 2 aliphatic heterocycles. The summed E-state index contributed by atoms with van der Waals surface area (Å²) in [5.74, 6) is 0. The molecule has 4 heteroatoms. The smallest absolute Gasteiger partial charge is 0.0987 e. The molecular weight excluding hydrogens is 188 g/mol. The molecule has 0 saturated carbocycles.